The van der Waals surface area contributed by atoms with E-state index in [2.05, 4.69) is 15.5 Å². The minimum atomic E-state index is -2.63. The first-order valence-electron chi connectivity index (χ1n) is 12.4. The lowest BCUT2D eigenvalue weighted by Gasteiger charge is -2.08. The second-order valence-electron chi connectivity index (χ2n) is 4.60. The Hall–Kier alpha value is -2.24. The van der Waals surface area contributed by atoms with Gasteiger partial charge >= 0.3 is 5.76 Å². The van der Waals surface area contributed by atoms with Crippen LogP contribution in [0.15, 0.2) is 54.0 Å². The number of benzene rings is 1. The summed E-state index contributed by atoms with van der Waals surface area (Å²) in [4.78, 5) is 0. The van der Waals surface area contributed by atoms with E-state index in [1.165, 1.54) is 20.3 Å². The summed E-state index contributed by atoms with van der Waals surface area (Å²) in [7, 11) is 2.90. The molecule has 0 amide bonds. The van der Waals surface area contributed by atoms with Crippen LogP contribution in [0.2, 0.25) is 0 Å². The number of rotatable bonds is 6. The molecule has 146 valence electrons. The van der Waals surface area contributed by atoms with Crippen LogP contribution in [0.1, 0.15) is 13.7 Å². The van der Waals surface area contributed by atoms with Crippen molar-refractivity contribution in [2.24, 2.45) is 0 Å². The Kier molecular flexibility index (Phi) is 4.64. The van der Waals surface area contributed by atoms with Crippen molar-refractivity contribution in [3.63, 3.8) is 0 Å². The molecular weight excluding hydrogens is 372 g/mol. The molecule has 0 saturated carbocycles. The summed E-state index contributed by atoms with van der Waals surface area (Å²) in [6.07, 6.45) is 3.03. The standard InChI is InChI=1S/C10H12O3.C7H6O2.C3H5ClO/c1-11-9-4-2-3-5-10(9)13-7-8-6-12-8;1-9-7-5-3-2-4-6(7)8;4-1-3-2-5-3/h2-5,8H,6-7H2,1H3;2-4H,1H3;3H,1-2H2/p+1/i6D2,7D2,8D;;1D2,2D2,3D. The van der Waals surface area contributed by atoms with Gasteiger partial charge in [0.2, 0.25) is 0 Å². The van der Waals surface area contributed by atoms with Crippen molar-refractivity contribution in [3.05, 3.63) is 60.1 Å². The normalized spacial score (nSPS) is 36.7. The van der Waals surface area contributed by atoms with Gasteiger partial charge in [-0.1, -0.05) is 12.1 Å². The minimum Gasteiger partial charge on any atom is -0.493 e. The smallest absolute Gasteiger partial charge is 0.333 e. The molecule has 27 heavy (non-hydrogen) atoms. The van der Waals surface area contributed by atoms with E-state index in [1.807, 2.05) is 0 Å². The van der Waals surface area contributed by atoms with Gasteiger partial charge in [0, 0.05) is 2.74 Å². The first kappa shape index (κ1) is 10.9. The molecule has 1 aliphatic carbocycles. The third kappa shape index (κ3) is 8.33. The largest absolute Gasteiger partial charge is 0.493 e. The Bertz CT molecular complexity index is 1070. The predicted octanol–water partition coefficient (Wildman–Crippen LogP) is 3.43. The summed E-state index contributed by atoms with van der Waals surface area (Å²) in [5.74, 6) is -1.58. The van der Waals surface area contributed by atoms with Gasteiger partial charge in [0.1, 0.15) is 18.7 Å². The molecular formula is C20H24ClO6+. The number of hydrogen-bond donors (Lipinski definition) is 1. The van der Waals surface area contributed by atoms with Gasteiger partial charge in [-0.2, -0.15) is 0 Å². The molecule has 0 aromatic heterocycles. The quantitative estimate of drug-likeness (QED) is 0.444. The molecule has 2 saturated heterocycles. The first-order chi connectivity index (χ1) is 16.8. The molecule has 1 N–H and O–H groups in total. The molecule has 2 heterocycles. The van der Waals surface area contributed by atoms with E-state index in [0.717, 1.165) is 0 Å². The van der Waals surface area contributed by atoms with E-state index in [-0.39, 0.29) is 11.5 Å². The van der Waals surface area contributed by atoms with Gasteiger partial charge < -0.3 is 28.8 Å². The van der Waals surface area contributed by atoms with E-state index in [1.54, 1.807) is 36.4 Å². The Morgan fingerprint density at radius 1 is 1.26 bits per heavy atom. The minimum absolute atomic E-state index is 0.0860. The molecule has 2 atom stereocenters. The van der Waals surface area contributed by atoms with E-state index >= 15 is 0 Å². The number of alkyl halides is 1. The van der Waals surface area contributed by atoms with Crippen LogP contribution >= 0.6 is 11.6 Å². The van der Waals surface area contributed by atoms with Gasteiger partial charge in [-0.3, -0.25) is 0 Å². The van der Waals surface area contributed by atoms with Crippen LogP contribution in [-0.4, -0.2) is 57.0 Å². The SMILES string of the molecule is COC1=[C+]C=CC=C1O.[2H]C([2H])(Cl)C1([2H])OC1([2H])[2H].[2H]C([2H])(Oc1ccccc1OC)C1([2H])OC1([2H])[2H]. The highest BCUT2D eigenvalue weighted by atomic mass is 35.5. The number of aliphatic hydroxyl groups is 1. The molecule has 7 heteroatoms. The average molecular weight is 406 g/mol. The third-order valence-electron chi connectivity index (χ3n) is 2.82. The second kappa shape index (κ2) is 11.5. The van der Waals surface area contributed by atoms with Gasteiger partial charge in [0.05, 0.1) is 68.4 Å². The van der Waals surface area contributed by atoms with Crippen molar-refractivity contribution in [1.82, 2.24) is 0 Å². The Morgan fingerprint density at radius 3 is 2.37 bits per heavy atom. The molecule has 1 aromatic rings. The number of ether oxygens (including phenoxy) is 5. The number of methoxy groups -OCH3 is 2. The highest BCUT2D eigenvalue weighted by Crippen LogP contribution is 2.26. The molecule has 2 fully saturated rings. The third-order valence-corrected chi connectivity index (χ3v) is 2.99. The average Bonchev–Trinajstić information content (AvgIpc) is 3.55. The molecule has 2 unspecified atom stereocenters. The Balaban J connectivity index is 0.000000214. The van der Waals surface area contributed by atoms with Crippen molar-refractivity contribution in [1.29, 1.82) is 0 Å². The van der Waals surface area contributed by atoms with Crippen LogP contribution in [-0.2, 0) is 14.2 Å². The number of epoxide rings is 2. The summed E-state index contributed by atoms with van der Waals surface area (Å²) in [6.45, 7) is -7.25. The first-order valence-corrected chi connectivity index (χ1v) is 7.81. The van der Waals surface area contributed by atoms with Crippen LogP contribution in [0.25, 0.3) is 0 Å². The maximum atomic E-state index is 8.95. The van der Waals surface area contributed by atoms with Gasteiger partial charge in [-0.25, -0.2) is 0 Å². The Labute approximate surface area is 178 Å². The van der Waals surface area contributed by atoms with Crippen molar-refractivity contribution in [2.75, 3.05) is 39.7 Å². The zero-order chi connectivity index (χ0) is 28.5. The number of para-hydroxylation sites is 2. The molecule has 0 radical (unpaired) electrons. The van der Waals surface area contributed by atoms with Crippen LogP contribution in [0.4, 0.5) is 0 Å². The number of halogens is 1. The van der Waals surface area contributed by atoms with Gasteiger partial charge in [0.15, 0.2) is 11.5 Å². The van der Waals surface area contributed by atoms with Gasteiger partial charge in [-0.15, -0.1) is 11.6 Å². The lowest BCUT2D eigenvalue weighted by Crippen LogP contribution is -2.04. The molecule has 4 rings (SSSR count). The fraction of sp³-hybridized carbons (Fsp3) is 0.400. The Morgan fingerprint density at radius 2 is 1.93 bits per heavy atom. The number of aliphatic hydroxyl groups excluding tert-OH is 1. The number of allylic oxidation sites excluding steroid dienone is 4. The van der Waals surface area contributed by atoms with E-state index in [9.17, 15) is 0 Å². The van der Waals surface area contributed by atoms with Crippen molar-refractivity contribution in [2.45, 2.75) is 12.2 Å². The molecule has 0 bridgehead atoms. The van der Waals surface area contributed by atoms with E-state index < -0.39 is 37.7 Å². The molecule has 3 aliphatic rings. The summed E-state index contributed by atoms with van der Waals surface area (Å²) in [5, 5.41) is 8.95. The van der Waals surface area contributed by atoms with E-state index in [0.29, 0.717) is 11.5 Å². The zero-order valence-electron chi connectivity index (χ0n) is 24.4. The number of hydrogen-bond acceptors (Lipinski definition) is 6. The maximum absolute atomic E-state index is 8.95. The summed E-state index contributed by atoms with van der Waals surface area (Å²) in [6, 6.07) is 6.35. The topological polar surface area (TPSA) is 73.0 Å². The van der Waals surface area contributed by atoms with Crippen LogP contribution in [0.5, 0.6) is 11.5 Å². The summed E-state index contributed by atoms with van der Waals surface area (Å²) >= 11 is 5.04. The van der Waals surface area contributed by atoms with Crippen molar-refractivity contribution in [3.8, 4) is 11.5 Å². The lowest BCUT2D eigenvalue weighted by molar-refractivity contribution is 0.252. The second-order valence-corrected chi connectivity index (χ2v) is 4.79. The van der Waals surface area contributed by atoms with Gasteiger partial charge in [0.25, 0.3) is 5.76 Å². The van der Waals surface area contributed by atoms with E-state index in [4.69, 9.17) is 44.6 Å². The monoisotopic (exact) mass is 405 g/mol. The lowest BCUT2D eigenvalue weighted by atomic mass is 10.2. The summed E-state index contributed by atoms with van der Waals surface area (Å²) in [5.41, 5.74) is 0. The zero-order valence-corrected chi connectivity index (χ0v) is 15.2. The molecule has 2 aliphatic heterocycles. The van der Waals surface area contributed by atoms with Crippen LogP contribution in [0.3, 0.4) is 0 Å². The highest BCUT2D eigenvalue weighted by Gasteiger charge is 2.23. The summed E-state index contributed by atoms with van der Waals surface area (Å²) < 4.78 is 94.8. The maximum Gasteiger partial charge on any atom is 0.333 e. The molecule has 1 aromatic carbocycles. The van der Waals surface area contributed by atoms with Crippen LogP contribution in [0, 0.1) is 6.08 Å². The van der Waals surface area contributed by atoms with Crippen LogP contribution < -0.4 is 9.47 Å². The molecule has 6 nitrogen and oxygen atoms in total. The highest BCUT2D eigenvalue weighted by molar-refractivity contribution is 6.18. The molecule has 0 spiro atoms. The fourth-order valence-electron chi connectivity index (χ4n) is 1.51. The predicted molar refractivity (Wildman–Crippen MR) is 102 cm³/mol. The van der Waals surface area contributed by atoms with Gasteiger partial charge in [-0.05, 0) is 12.1 Å². The fourth-order valence-corrected chi connectivity index (χ4v) is 1.59. The van der Waals surface area contributed by atoms with Crippen molar-refractivity contribution >= 4 is 11.6 Å². The van der Waals surface area contributed by atoms with Crippen molar-refractivity contribution < 1.29 is 42.5 Å².